The van der Waals surface area contributed by atoms with Gasteiger partial charge in [-0.2, -0.15) is 5.26 Å². The molecule has 13 nitrogen and oxygen atoms in total. The van der Waals surface area contributed by atoms with Crippen LogP contribution in [0.3, 0.4) is 0 Å². The Morgan fingerprint density at radius 3 is 2.78 bits per heavy atom. The minimum atomic E-state index is -0.506. The highest BCUT2D eigenvalue weighted by molar-refractivity contribution is 6.02. The molecule has 0 saturated carbocycles. The molecule has 1 fully saturated rings. The van der Waals surface area contributed by atoms with Gasteiger partial charge >= 0.3 is 6.03 Å². The number of urea groups is 1. The van der Waals surface area contributed by atoms with Crippen LogP contribution in [0.1, 0.15) is 53.4 Å². The van der Waals surface area contributed by atoms with E-state index in [0.717, 1.165) is 12.0 Å². The predicted octanol–water partition coefficient (Wildman–Crippen LogP) is 2.17. The van der Waals surface area contributed by atoms with Crippen molar-refractivity contribution in [2.75, 3.05) is 55.9 Å². The van der Waals surface area contributed by atoms with Crippen molar-refractivity contribution < 1.29 is 23.9 Å². The van der Waals surface area contributed by atoms with Crippen LogP contribution in [0.4, 0.5) is 22.1 Å². The van der Waals surface area contributed by atoms with Crippen LogP contribution in [-0.4, -0.2) is 90.3 Å². The van der Waals surface area contributed by atoms with Crippen molar-refractivity contribution in [2.24, 2.45) is 0 Å². The fraction of sp³-hybridized carbons (Fsp3) is 0.464. The van der Waals surface area contributed by atoms with Gasteiger partial charge in [0.25, 0.3) is 0 Å². The van der Waals surface area contributed by atoms with E-state index >= 15 is 0 Å². The van der Waals surface area contributed by atoms with E-state index in [1.54, 1.807) is 25.1 Å². The number of amides is 4. The maximum atomic E-state index is 13.3. The highest BCUT2D eigenvalue weighted by Crippen LogP contribution is 2.29. The van der Waals surface area contributed by atoms with Gasteiger partial charge in [-0.25, -0.2) is 14.8 Å². The Kier molecular flexibility index (Phi) is 9.46. The van der Waals surface area contributed by atoms with E-state index in [2.05, 4.69) is 26.7 Å². The number of methoxy groups -OCH3 is 1. The third kappa shape index (κ3) is 6.60. The van der Waals surface area contributed by atoms with Gasteiger partial charge in [-0.3, -0.25) is 24.6 Å². The summed E-state index contributed by atoms with van der Waals surface area (Å²) in [7, 11) is 3.22. The monoisotopic (exact) mass is 562 g/mol. The first-order valence-corrected chi connectivity index (χ1v) is 13.5. The smallest absolute Gasteiger partial charge is 0.328 e. The van der Waals surface area contributed by atoms with Crippen LogP contribution in [0, 0.1) is 11.3 Å². The van der Waals surface area contributed by atoms with Gasteiger partial charge in [-0.05, 0) is 37.3 Å². The summed E-state index contributed by atoms with van der Waals surface area (Å²) >= 11 is 0. The van der Waals surface area contributed by atoms with E-state index in [-0.39, 0.29) is 29.9 Å². The lowest BCUT2D eigenvalue weighted by atomic mass is 10.0. The topological polar surface area (TPSA) is 161 Å². The summed E-state index contributed by atoms with van der Waals surface area (Å²) in [6.07, 6.45) is 4.70. The molecule has 2 aliphatic heterocycles. The standard InChI is InChI=1S/C28H34N8O5/c1-18(38)35-9-5-7-24(35)27(39)34(2)16-20-12-19-6-4-10-36(26(19)32-23(20)17-37)28(40)33-25-13-22(30-8-11-41-3)21(14-29)15-31-25/h12-13,15,17,24H,4-11,16H2,1-3H3,(H2,30,31,33,40)/t24-/m0/s1. The fourth-order valence-electron chi connectivity index (χ4n) is 5.20. The van der Waals surface area contributed by atoms with E-state index in [1.165, 1.54) is 22.9 Å². The molecular weight excluding hydrogens is 528 g/mol. The highest BCUT2D eigenvalue weighted by Gasteiger charge is 2.34. The zero-order valence-electron chi connectivity index (χ0n) is 23.5. The third-order valence-electron chi connectivity index (χ3n) is 7.24. The van der Waals surface area contributed by atoms with E-state index in [0.29, 0.717) is 74.4 Å². The van der Waals surface area contributed by atoms with Crippen molar-refractivity contribution in [1.29, 1.82) is 5.26 Å². The van der Waals surface area contributed by atoms with Crippen molar-refractivity contribution in [2.45, 2.75) is 45.2 Å². The number of hydrogen-bond donors (Lipinski definition) is 2. The maximum Gasteiger partial charge on any atom is 0.328 e. The number of likely N-dealkylation sites (tertiary alicyclic amines) is 1. The molecule has 0 unspecified atom stereocenters. The molecule has 4 heterocycles. The number of nitriles is 1. The van der Waals surface area contributed by atoms with Gasteiger partial charge in [0.2, 0.25) is 11.8 Å². The molecule has 0 aromatic carbocycles. The van der Waals surface area contributed by atoms with Crippen LogP contribution >= 0.6 is 0 Å². The number of pyridine rings is 2. The normalized spacial score (nSPS) is 16.0. The number of aromatic nitrogens is 2. The summed E-state index contributed by atoms with van der Waals surface area (Å²) in [5.74, 6) is 0.310. The summed E-state index contributed by atoms with van der Waals surface area (Å²) in [5.41, 5.74) is 2.35. The summed E-state index contributed by atoms with van der Waals surface area (Å²) < 4.78 is 5.04. The number of nitrogens with zero attached hydrogens (tertiary/aromatic N) is 6. The van der Waals surface area contributed by atoms with Crippen molar-refractivity contribution in [1.82, 2.24) is 19.8 Å². The van der Waals surface area contributed by atoms with Crippen LogP contribution < -0.4 is 15.5 Å². The molecule has 216 valence electrons. The molecule has 4 rings (SSSR count). The summed E-state index contributed by atoms with van der Waals surface area (Å²) in [5, 5.41) is 15.2. The number of aldehydes is 1. The molecule has 0 aliphatic carbocycles. The minimum absolute atomic E-state index is 0.133. The molecule has 1 atom stereocenters. The summed E-state index contributed by atoms with van der Waals surface area (Å²) in [6.45, 7) is 3.46. The lowest BCUT2D eigenvalue weighted by Gasteiger charge is -2.30. The average Bonchev–Trinajstić information content (AvgIpc) is 3.47. The second-order valence-electron chi connectivity index (χ2n) is 10.0. The van der Waals surface area contributed by atoms with Crippen LogP contribution in [0.25, 0.3) is 0 Å². The van der Waals surface area contributed by atoms with Gasteiger partial charge < -0.3 is 19.9 Å². The van der Waals surface area contributed by atoms with Crippen LogP contribution in [0.5, 0.6) is 0 Å². The first-order chi connectivity index (χ1) is 19.8. The van der Waals surface area contributed by atoms with E-state index in [4.69, 9.17) is 4.74 Å². The molecule has 41 heavy (non-hydrogen) atoms. The zero-order valence-corrected chi connectivity index (χ0v) is 23.5. The van der Waals surface area contributed by atoms with Crippen LogP contribution in [0.15, 0.2) is 18.3 Å². The Morgan fingerprint density at radius 2 is 2.07 bits per heavy atom. The van der Waals surface area contributed by atoms with Crippen LogP contribution in [-0.2, 0) is 27.3 Å². The lowest BCUT2D eigenvalue weighted by Crippen LogP contribution is -2.45. The molecular formula is C28H34N8O5. The molecule has 2 aromatic rings. The quantitative estimate of drug-likeness (QED) is 0.345. The Labute approximate surface area is 238 Å². The molecule has 0 bridgehead atoms. The van der Waals surface area contributed by atoms with Gasteiger partial charge in [0.05, 0.1) is 17.9 Å². The van der Waals surface area contributed by atoms with E-state index < -0.39 is 12.1 Å². The number of ether oxygens (including phenoxy) is 1. The fourth-order valence-corrected chi connectivity index (χ4v) is 5.20. The average molecular weight is 563 g/mol. The Morgan fingerprint density at radius 1 is 1.27 bits per heavy atom. The maximum absolute atomic E-state index is 13.3. The zero-order chi connectivity index (χ0) is 29.5. The number of fused-ring (bicyclic) bond motifs is 1. The molecule has 1 saturated heterocycles. The second-order valence-corrected chi connectivity index (χ2v) is 10.0. The van der Waals surface area contributed by atoms with Gasteiger partial charge in [0.15, 0.2) is 6.29 Å². The summed E-state index contributed by atoms with van der Waals surface area (Å²) in [4.78, 5) is 63.7. The predicted molar refractivity (Wildman–Crippen MR) is 151 cm³/mol. The number of likely N-dealkylation sites (N-methyl/N-ethyl adjacent to an activating group) is 1. The Balaban J connectivity index is 1.51. The Hall–Kier alpha value is -4.57. The SMILES string of the molecule is COCCNc1cc(NC(=O)N2CCCc3cc(CN(C)C(=O)[C@@H]4CCCN4C(C)=O)c(C=O)nc32)ncc1C#N. The number of hydrogen-bond acceptors (Lipinski definition) is 9. The number of rotatable bonds is 9. The minimum Gasteiger partial charge on any atom is -0.383 e. The van der Waals surface area contributed by atoms with Gasteiger partial charge in [-0.1, -0.05) is 0 Å². The first kappa shape index (κ1) is 29.4. The molecule has 4 amide bonds. The number of nitrogens with one attached hydrogen (secondary N) is 2. The number of anilines is 3. The van der Waals surface area contributed by atoms with E-state index in [9.17, 15) is 24.4 Å². The van der Waals surface area contributed by atoms with Gasteiger partial charge in [-0.15, -0.1) is 0 Å². The number of carbonyl (C=O) groups is 4. The van der Waals surface area contributed by atoms with Crippen LogP contribution in [0.2, 0.25) is 0 Å². The van der Waals surface area contributed by atoms with Crippen molar-refractivity contribution in [3.8, 4) is 6.07 Å². The van der Waals surface area contributed by atoms with E-state index in [1.807, 2.05) is 6.07 Å². The second kappa shape index (κ2) is 13.2. The summed E-state index contributed by atoms with van der Waals surface area (Å²) in [6, 6.07) is 4.49. The largest absolute Gasteiger partial charge is 0.383 e. The van der Waals surface area contributed by atoms with Crippen molar-refractivity contribution in [3.05, 3.63) is 40.7 Å². The Bertz CT molecular complexity index is 1370. The molecule has 0 spiro atoms. The molecule has 13 heteroatoms. The molecule has 2 aromatic heterocycles. The number of aryl methyl sites for hydroxylation is 1. The molecule has 2 N–H and O–H groups in total. The lowest BCUT2D eigenvalue weighted by molar-refractivity contribution is -0.142. The van der Waals surface area contributed by atoms with Gasteiger partial charge in [0, 0.05) is 65.1 Å². The first-order valence-electron chi connectivity index (χ1n) is 13.5. The van der Waals surface area contributed by atoms with Crippen molar-refractivity contribution >= 4 is 41.5 Å². The molecule has 2 aliphatic rings. The van der Waals surface area contributed by atoms with Crippen molar-refractivity contribution in [3.63, 3.8) is 0 Å². The molecule has 0 radical (unpaired) electrons. The van der Waals surface area contributed by atoms with Gasteiger partial charge in [0.1, 0.15) is 29.4 Å². The highest BCUT2D eigenvalue weighted by atomic mass is 16.5. The third-order valence-corrected chi connectivity index (χ3v) is 7.24. The number of carbonyl (C=O) groups excluding carboxylic acids is 4.